The van der Waals surface area contributed by atoms with Crippen molar-refractivity contribution in [1.29, 1.82) is 5.26 Å². The van der Waals surface area contributed by atoms with Crippen LogP contribution >= 0.6 is 0 Å². The summed E-state index contributed by atoms with van der Waals surface area (Å²) in [7, 11) is 1.91. The van der Waals surface area contributed by atoms with Crippen molar-refractivity contribution in [2.24, 2.45) is 7.05 Å². The van der Waals surface area contributed by atoms with Gasteiger partial charge >= 0.3 is 0 Å². The van der Waals surface area contributed by atoms with Gasteiger partial charge in [0.1, 0.15) is 17.4 Å². The van der Waals surface area contributed by atoms with Gasteiger partial charge in [0.25, 0.3) is 0 Å². The molecule has 1 aliphatic rings. The molecule has 29 heavy (non-hydrogen) atoms. The highest BCUT2D eigenvalue weighted by atomic mass is 15.2. The minimum atomic E-state index is 0.520. The van der Waals surface area contributed by atoms with Crippen molar-refractivity contribution < 1.29 is 0 Å². The number of nitrogens with one attached hydrogen (secondary N) is 1. The maximum atomic E-state index is 9.67. The van der Waals surface area contributed by atoms with E-state index in [-0.39, 0.29) is 0 Å². The number of aromatic nitrogens is 5. The highest BCUT2D eigenvalue weighted by Crippen LogP contribution is 2.32. The molecule has 0 amide bonds. The minimum Gasteiger partial charge on any atom is -0.338 e. The van der Waals surface area contributed by atoms with E-state index in [1.165, 1.54) is 25.9 Å². The fraction of sp³-hybridized carbons (Fsp3) is 0.364. The number of aromatic amines is 1. The number of rotatable bonds is 5. The van der Waals surface area contributed by atoms with Crippen molar-refractivity contribution in [1.82, 2.24) is 29.6 Å². The van der Waals surface area contributed by atoms with Crippen LogP contribution in [0.2, 0.25) is 0 Å². The monoisotopic (exact) mass is 385 g/mol. The molecule has 0 spiro atoms. The number of nitriles is 1. The molecule has 1 N–H and O–H groups in total. The Kier molecular flexibility index (Phi) is 4.49. The Labute approximate surface area is 169 Å². The minimum absolute atomic E-state index is 0.520. The van der Waals surface area contributed by atoms with Gasteiger partial charge in [-0.15, -0.1) is 0 Å². The van der Waals surface area contributed by atoms with Crippen molar-refractivity contribution in [3.63, 3.8) is 0 Å². The lowest BCUT2D eigenvalue weighted by Gasteiger charge is -2.14. The Morgan fingerprint density at radius 1 is 1.14 bits per heavy atom. The summed E-state index contributed by atoms with van der Waals surface area (Å²) in [6.07, 6.45) is 11.9. The highest BCUT2D eigenvalue weighted by Gasteiger charge is 2.17. The third kappa shape index (κ3) is 3.26. The van der Waals surface area contributed by atoms with Crippen LogP contribution in [0.5, 0.6) is 0 Å². The van der Waals surface area contributed by atoms with Crippen molar-refractivity contribution >= 4 is 21.9 Å². The second-order valence-corrected chi connectivity index (χ2v) is 7.79. The van der Waals surface area contributed by atoms with E-state index in [0.29, 0.717) is 5.69 Å². The van der Waals surface area contributed by atoms with Gasteiger partial charge in [-0.05, 0) is 56.9 Å². The molecular formula is C22H23N7. The van der Waals surface area contributed by atoms with Crippen LogP contribution in [0.1, 0.15) is 30.5 Å². The summed E-state index contributed by atoms with van der Waals surface area (Å²) in [5.74, 6) is 0. The Hall–Kier alpha value is -3.24. The summed E-state index contributed by atoms with van der Waals surface area (Å²) in [5, 5.41) is 16.1. The SMILES string of the molecule is Cn1cc(-c2cnc3[nH]c4cnc(C#N)c(CCCN5CCCC5)c4c3c2)cn1. The molecule has 0 bridgehead atoms. The zero-order valence-corrected chi connectivity index (χ0v) is 16.5. The summed E-state index contributed by atoms with van der Waals surface area (Å²) in [4.78, 5) is 14.9. The predicted molar refractivity (Wildman–Crippen MR) is 112 cm³/mol. The molecule has 0 radical (unpaired) electrons. The molecule has 1 saturated heterocycles. The van der Waals surface area contributed by atoms with Crippen LogP contribution in [0.3, 0.4) is 0 Å². The van der Waals surface area contributed by atoms with Gasteiger partial charge in [-0.1, -0.05) is 0 Å². The first kappa shape index (κ1) is 17.8. The normalized spacial score (nSPS) is 14.8. The van der Waals surface area contributed by atoms with Gasteiger partial charge in [0, 0.05) is 41.3 Å². The third-order valence-corrected chi connectivity index (χ3v) is 5.83. The average Bonchev–Trinajstić information content (AvgIpc) is 3.47. The molecule has 0 aliphatic carbocycles. The van der Waals surface area contributed by atoms with Crippen LogP contribution in [0, 0.1) is 11.3 Å². The van der Waals surface area contributed by atoms with E-state index in [9.17, 15) is 5.26 Å². The van der Waals surface area contributed by atoms with E-state index in [0.717, 1.165) is 58.0 Å². The number of pyridine rings is 2. The number of likely N-dealkylation sites (tertiary alicyclic amines) is 1. The molecule has 4 aromatic heterocycles. The summed E-state index contributed by atoms with van der Waals surface area (Å²) in [6, 6.07) is 4.44. The quantitative estimate of drug-likeness (QED) is 0.569. The van der Waals surface area contributed by atoms with Gasteiger partial charge in [-0.3, -0.25) is 4.68 Å². The van der Waals surface area contributed by atoms with Crippen LogP contribution in [-0.4, -0.2) is 49.3 Å². The fourth-order valence-corrected chi connectivity index (χ4v) is 4.39. The Bertz CT molecular complexity index is 1220. The topological polar surface area (TPSA) is 86.4 Å². The predicted octanol–water partition coefficient (Wildman–Crippen LogP) is 3.41. The number of fused-ring (bicyclic) bond motifs is 3. The van der Waals surface area contributed by atoms with Gasteiger partial charge in [0.2, 0.25) is 0 Å². The second-order valence-electron chi connectivity index (χ2n) is 7.79. The van der Waals surface area contributed by atoms with Gasteiger partial charge in [-0.25, -0.2) is 9.97 Å². The molecule has 7 nitrogen and oxygen atoms in total. The molecule has 1 fully saturated rings. The lowest BCUT2D eigenvalue weighted by atomic mass is 10.0. The zero-order chi connectivity index (χ0) is 19.8. The molecule has 0 atom stereocenters. The van der Waals surface area contributed by atoms with Crippen LogP contribution in [-0.2, 0) is 13.5 Å². The first-order valence-electron chi connectivity index (χ1n) is 10.1. The van der Waals surface area contributed by atoms with Gasteiger partial charge < -0.3 is 9.88 Å². The first-order chi connectivity index (χ1) is 14.2. The van der Waals surface area contributed by atoms with Gasteiger partial charge in [0.15, 0.2) is 0 Å². The summed E-state index contributed by atoms with van der Waals surface area (Å²) >= 11 is 0. The van der Waals surface area contributed by atoms with E-state index in [2.05, 4.69) is 37.1 Å². The second kappa shape index (κ2) is 7.30. The number of nitrogens with zero attached hydrogens (tertiary/aromatic N) is 6. The van der Waals surface area contributed by atoms with Crippen molar-refractivity contribution in [3.05, 3.63) is 42.1 Å². The average molecular weight is 385 g/mol. The highest BCUT2D eigenvalue weighted by molar-refractivity contribution is 6.08. The third-order valence-electron chi connectivity index (χ3n) is 5.83. The fourth-order valence-electron chi connectivity index (χ4n) is 4.39. The van der Waals surface area contributed by atoms with Crippen LogP contribution in [0.25, 0.3) is 33.1 Å². The Morgan fingerprint density at radius 2 is 2.00 bits per heavy atom. The molecule has 146 valence electrons. The molecule has 5 rings (SSSR count). The Balaban J connectivity index is 1.58. The molecular weight excluding hydrogens is 362 g/mol. The molecule has 5 heterocycles. The standard InChI is InChI=1S/C22H23N7/c1-28-14-16(12-26-28)15-9-18-21-17(5-4-8-29-6-2-3-7-29)19(10-23)24-13-20(21)27-22(18)25-11-15/h9,11-14H,2-8H2,1H3,(H,25,27). The van der Waals surface area contributed by atoms with Crippen molar-refractivity contribution in [2.45, 2.75) is 25.7 Å². The number of hydrogen-bond donors (Lipinski definition) is 1. The Morgan fingerprint density at radius 3 is 2.76 bits per heavy atom. The van der Waals surface area contributed by atoms with Gasteiger partial charge in [-0.2, -0.15) is 10.4 Å². The number of aryl methyl sites for hydroxylation is 2. The van der Waals surface area contributed by atoms with E-state index in [4.69, 9.17) is 0 Å². The molecule has 4 aromatic rings. The smallest absolute Gasteiger partial charge is 0.144 e. The van der Waals surface area contributed by atoms with E-state index < -0.39 is 0 Å². The summed E-state index contributed by atoms with van der Waals surface area (Å²) < 4.78 is 1.79. The first-order valence-corrected chi connectivity index (χ1v) is 10.1. The maximum absolute atomic E-state index is 9.67. The van der Waals surface area contributed by atoms with Gasteiger partial charge in [0.05, 0.1) is 17.9 Å². The van der Waals surface area contributed by atoms with E-state index in [1.807, 2.05) is 25.6 Å². The molecule has 7 heteroatoms. The maximum Gasteiger partial charge on any atom is 0.144 e. The lowest BCUT2D eigenvalue weighted by Crippen LogP contribution is -2.20. The zero-order valence-electron chi connectivity index (χ0n) is 16.5. The van der Waals surface area contributed by atoms with Crippen molar-refractivity contribution in [3.8, 4) is 17.2 Å². The summed E-state index contributed by atoms with van der Waals surface area (Å²) in [5.41, 5.74) is 5.36. The van der Waals surface area contributed by atoms with Crippen LogP contribution < -0.4 is 0 Å². The molecule has 0 aromatic carbocycles. The van der Waals surface area contributed by atoms with Crippen LogP contribution in [0.15, 0.2) is 30.9 Å². The van der Waals surface area contributed by atoms with Crippen LogP contribution in [0.4, 0.5) is 0 Å². The number of hydrogen-bond acceptors (Lipinski definition) is 5. The largest absolute Gasteiger partial charge is 0.338 e. The lowest BCUT2D eigenvalue weighted by molar-refractivity contribution is 0.334. The summed E-state index contributed by atoms with van der Waals surface area (Å²) in [6.45, 7) is 3.46. The van der Waals surface area contributed by atoms with E-state index >= 15 is 0 Å². The molecule has 0 unspecified atom stereocenters. The van der Waals surface area contributed by atoms with E-state index in [1.54, 1.807) is 10.9 Å². The molecule has 1 aliphatic heterocycles. The molecule has 0 saturated carbocycles. The van der Waals surface area contributed by atoms with Crippen molar-refractivity contribution in [2.75, 3.05) is 19.6 Å². The number of H-pyrrole nitrogens is 1.